The van der Waals surface area contributed by atoms with Crippen molar-refractivity contribution in [2.24, 2.45) is 0 Å². The molecule has 10 heteroatoms. The lowest BCUT2D eigenvalue weighted by Crippen LogP contribution is -2.52. The van der Waals surface area contributed by atoms with Gasteiger partial charge in [0.15, 0.2) is 0 Å². The second kappa shape index (κ2) is 8.79. The first-order chi connectivity index (χ1) is 15.2. The number of aryl methyl sites for hydroxylation is 1. The molecule has 0 saturated carbocycles. The van der Waals surface area contributed by atoms with E-state index in [9.17, 15) is 18.3 Å². The fraction of sp³-hybridized carbons (Fsp3) is 0.273. The van der Waals surface area contributed by atoms with Crippen LogP contribution in [0, 0.1) is 6.92 Å². The van der Waals surface area contributed by atoms with E-state index in [-0.39, 0.29) is 21.5 Å². The molecule has 8 nitrogen and oxygen atoms in total. The van der Waals surface area contributed by atoms with Crippen molar-refractivity contribution in [1.29, 1.82) is 0 Å². The van der Waals surface area contributed by atoms with Crippen LogP contribution >= 0.6 is 11.3 Å². The summed E-state index contributed by atoms with van der Waals surface area (Å²) >= 11 is 1.08. The Balaban J connectivity index is 1.56. The van der Waals surface area contributed by atoms with Gasteiger partial charge in [-0.1, -0.05) is 18.2 Å². The van der Waals surface area contributed by atoms with Crippen molar-refractivity contribution < 1.29 is 18.3 Å². The minimum Gasteiger partial charge on any atom is -0.478 e. The Morgan fingerprint density at radius 3 is 2.69 bits per heavy atom. The third-order valence-corrected chi connectivity index (χ3v) is 8.15. The number of rotatable bonds is 6. The van der Waals surface area contributed by atoms with Gasteiger partial charge < -0.3 is 14.9 Å². The van der Waals surface area contributed by atoms with Gasteiger partial charge in [0.1, 0.15) is 15.6 Å². The van der Waals surface area contributed by atoms with Gasteiger partial charge in [-0.2, -0.15) is 0 Å². The first-order valence-corrected chi connectivity index (χ1v) is 12.5. The Labute approximate surface area is 191 Å². The molecule has 0 radical (unpaired) electrons. The highest BCUT2D eigenvalue weighted by Gasteiger charge is 2.28. The highest BCUT2D eigenvalue weighted by atomic mass is 32.2. The summed E-state index contributed by atoms with van der Waals surface area (Å²) in [4.78, 5) is 20.5. The molecule has 4 rings (SSSR count). The number of carbonyl (C=O) groups is 1. The van der Waals surface area contributed by atoms with E-state index in [1.54, 1.807) is 11.4 Å². The van der Waals surface area contributed by atoms with Crippen LogP contribution in [0.1, 0.15) is 22.8 Å². The first-order valence-electron chi connectivity index (χ1n) is 10.1. The van der Waals surface area contributed by atoms with E-state index in [0.717, 1.165) is 23.6 Å². The molecule has 0 amide bonds. The SMILES string of the molecule is Cc1cccc(N2CCN(c3ncc(NS(=O)(=O)c4cccs4)cc3C(=O)O)C[C@H]2C)c1. The van der Waals surface area contributed by atoms with Crippen molar-refractivity contribution in [3.8, 4) is 0 Å². The largest absolute Gasteiger partial charge is 0.478 e. The number of piperazine rings is 1. The van der Waals surface area contributed by atoms with Crippen LogP contribution < -0.4 is 14.5 Å². The van der Waals surface area contributed by atoms with E-state index < -0.39 is 16.0 Å². The van der Waals surface area contributed by atoms with Crippen molar-refractivity contribution in [3.05, 3.63) is 65.2 Å². The number of hydrogen-bond acceptors (Lipinski definition) is 7. The lowest BCUT2D eigenvalue weighted by Gasteiger charge is -2.42. The summed E-state index contributed by atoms with van der Waals surface area (Å²) < 4.78 is 27.5. The van der Waals surface area contributed by atoms with E-state index in [4.69, 9.17) is 0 Å². The lowest BCUT2D eigenvalue weighted by molar-refractivity contribution is 0.0697. The molecule has 1 saturated heterocycles. The molecule has 1 aliphatic heterocycles. The molecule has 0 spiro atoms. The second-order valence-electron chi connectivity index (χ2n) is 7.77. The van der Waals surface area contributed by atoms with Gasteiger partial charge >= 0.3 is 5.97 Å². The van der Waals surface area contributed by atoms with Crippen molar-refractivity contribution in [1.82, 2.24) is 4.98 Å². The molecule has 2 N–H and O–H groups in total. The maximum absolute atomic E-state index is 12.5. The number of anilines is 3. The topological polar surface area (TPSA) is 103 Å². The fourth-order valence-corrected chi connectivity index (χ4v) is 5.91. The average Bonchev–Trinajstić information content (AvgIpc) is 3.29. The number of nitrogens with one attached hydrogen (secondary N) is 1. The molecule has 1 fully saturated rings. The number of sulfonamides is 1. The van der Waals surface area contributed by atoms with Crippen LogP contribution in [0.5, 0.6) is 0 Å². The normalized spacial score (nSPS) is 16.8. The number of aromatic nitrogens is 1. The zero-order valence-corrected chi connectivity index (χ0v) is 19.4. The molecule has 3 aromatic rings. The molecule has 2 aromatic heterocycles. The van der Waals surface area contributed by atoms with E-state index >= 15 is 0 Å². The Morgan fingerprint density at radius 2 is 2.03 bits per heavy atom. The predicted molar refractivity (Wildman–Crippen MR) is 127 cm³/mol. The van der Waals surface area contributed by atoms with Crippen molar-refractivity contribution in [3.63, 3.8) is 0 Å². The van der Waals surface area contributed by atoms with Crippen LogP contribution in [0.4, 0.5) is 17.2 Å². The average molecular weight is 473 g/mol. The van der Waals surface area contributed by atoms with Gasteiger partial charge in [0, 0.05) is 31.4 Å². The second-order valence-corrected chi connectivity index (χ2v) is 10.6. The van der Waals surface area contributed by atoms with Gasteiger partial charge in [0.25, 0.3) is 10.0 Å². The molecular weight excluding hydrogens is 448 g/mol. The maximum atomic E-state index is 12.5. The highest BCUT2D eigenvalue weighted by molar-refractivity contribution is 7.94. The van der Waals surface area contributed by atoms with Crippen molar-refractivity contribution >= 4 is 44.5 Å². The molecule has 32 heavy (non-hydrogen) atoms. The van der Waals surface area contributed by atoms with Gasteiger partial charge in [-0.25, -0.2) is 18.2 Å². The van der Waals surface area contributed by atoms with E-state index in [0.29, 0.717) is 18.9 Å². The van der Waals surface area contributed by atoms with E-state index in [1.807, 2.05) is 11.0 Å². The van der Waals surface area contributed by atoms with Crippen LogP contribution in [0.2, 0.25) is 0 Å². The summed E-state index contributed by atoms with van der Waals surface area (Å²) in [5, 5.41) is 11.4. The van der Waals surface area contributed by atoms with Crippen molar-refractivity contribution in [2.75, 3.05) is 34.2 Å². The minimum absolute atomic E-state index is 0.0346. The summed E-state index contributed by atoms with van der Waals surface area (Å²) in [6, 6.07) is 12.9. The fourth-order valence-electron chi connectivity index (χ4n) is 3.88. The molecule has 0 aliphatic carbocycles. The number of nitrogens with zero attached hydrogens (tertiary/aromatic N) is 3. The Bertz CT molecular complexity index is 1230. The zero-order chi connectivity index (χ0) is 22.9. The molecule has 1 atom stereocenters. The first kappa shape index (κ1) is 22.1. The van der Waals surface area contributed by atoms with Crippen LogP contribution in [0.3, 0.4) is 0 Å². The monoisotopic (exact) mass is 472 g/mol. The quantitative estimate of drug-likeness (QED) is 0.564. The molecule has 1 aromatic carbocycles. The third-order valence-electron chi connectivity index (χ3n) is 5.37. The summed E-state index contributed by atoms with van der Waals surface area (Å²) in [7, 11) is -3.79. The van der Waals surface area contributed by atoms with Crippen LogP contribution in [-0.4, -0.2) is 50.2 Å². The number of thiophene rings is 1. The number of hydrogen-bond donors (Lipinski definition) is 2. The van der Waals surface area contributed by atoms with E-state index in [2.05, 4.69) is 46.7 Å². The van der Waals surface area contributed by atoms with Crippen LogP contribution in [-0.2, 0) is 10.0 Å². The summed E-state index contributed by atoms with van der Waals surface area (Å²) in [5.74, 6) is -0.814. The van der Waals surface area contributed by atoms with Gasteiger partial charge in [0.05, 0.1) is 11.9 Å². The number of aromatic carboxylic acids is 1. The van der Waals surface area contributed by atoms with Gasteiger partial charge in [0.2, 0.25) is 0 Å². The van der Waals surface area contributed by atoms with Crippen LogP contribution in [0.25, 0.3) is 0 Å². The maximum Gasteiger partial charge on any atom is 0.339 e. The smallest absolute Gasteiger partial charge is 0.339 e. The molecule has 0 unspecified atom stereocenters. The number of carboxylic acids is 1. The Kier molecular flexibility index (Phi) is 6.07. The van der Waals surface area contributed by atoms with Gasteiger partial charge in [-0.15, -0.1) is 11.3 Å². The third kappa shape index (κ3) is 4.56. The van der Waals surface area contributed by atoms with E-state index in [1.165, 1.54) is 23.9 Å². The Morgan fingerprint density at radius 1 is 1.22 bits per heavy atom. The predicted octanol–water partition coefficient (Wildman–Crippen LogP) is 3.67. The molecule has 0 bridgehead atoms. The molecule has 1 aliphatic rings. The molecule has 3 heterocycles. The van der Waals surface area contributed by atoms with Gasteiger partial charge in [-0.05, 0) is 49.1 Å². The standard InChI is InChI=1S/C22H24N4O4S2/c1-15-5-3-6-18(11-15)26-9-8-25(14-16(26)2)21-19(22(27)28)12-17(13-23-21)24-32(29,30)20-7-4-10-31-20/h3-7,10-13,16,24H,8-9,14H2,1-2H3,(H,27,28)/t16-/m1/s1. The van der Waals surface area contributed by atoms with Crippen LogP contribution in [0.15, 0.2) is 58.3 Å². The summed E-state index contributed by atoms with van der Waals surface area (Å²) in [6.07, 6.45) is 1.37. The zero-order valence-electron chi connectivity index (χ0n) is 17.7. The molecular formula is C22H24N4O4S2. The summed E-state index contributed by atoms with van der Waals surface area (Å²) in [6.45, 7) is 6.08. The minimum atomic E-state index is -3.79. The molecule has 168 valence electrons. The number of pyridine rings is 1. The van der Waals surface area contributed by atoms with Crippen molar-refractivity contribution in [2.45, 2.75) is 24.1 Å². The van der Waals surface area contributed by atoms with Gasteiger partial charge in [-0.3, -0.25) is 4.72 Å². The number of benzene rings is 1. The number of carboxylic acid groups (broad SMARTS) is 1. The summed E-state index contributed by atoms with van der Waals surface area (Å²) in [5.41, 5.74) is 2.41. The Hall–Kier alpha value is -3.11. The highest BCUT2D eigenvalue weighted by Crippen LogP contribution is 2.28. The lowest BCUT2D eigenvalue weighted by atomic mass is 10.1.